The molecule has 3 aliphatic rings. The molecule has 2 aliphatic heterocycles. The molecule has 5 nitrogen and oxygen atoms in total. The summed E-state index contributed by atoms with van der Waals surface area (Å²) in [4.78, 5) is 21.7. The van der Waals surface area contributed by atoms with Gasteiger partial charge < -0.3 is 15.1 Å². The van der Waals surface area contributed by atoms with Crippen molar-refractivity contribution in [2.75, 3.05) is 26.2 Å². The van der Waals surface area contributed by atoms with Crippen LogP contribution in [0.4, 0.5) is 4.79 Å². The summed E-state index contributed by atoms with van der Waals surface area (Å²) in [7, 11) is 0. The van der Waals surface area contributed by atoms with E-state index in [0.717, 1.165) is 32.0 Å². The molecule has 0 unspecified atom stereocenters. The Morgan fingerprint density at radius 2 is 1.92 bits per heavy atom. The minimum absolute atomic E-state index is 0.119. The highest BCUT2D eigenvalue weighted by Crippen LogP contribution is 2.32. The zero-order valence-electron chi connectivity index (χ0n) is 15.1. The first-order chi connectivity index (χ1) is 12.3. The van der Waals surface area contributed by atoms with Gasteiger partial charge >= 0.3 is 6.03 Å². The second-order valence-electron chi connectivity index (χ2n) is 7.91. The van der Waals surface area contributed by atoms with E-state index in [1.54, 1.807) is 0 Å². The molecule has 1 saturated carbocycles. The molecule has 1 N–H and O–H groups in total. The van der Waals surface area contributed by atoms with Gasteiger partial charge in [-0.3, -0.25) is 4.98 Å². The number of pyridine rings is 1. The van der Waals surface area contributed by atoms with E-state index >= 15 is 0 Å². The van der Waals surface area contributed by atoms with Gasteiger partial charge in [0.2, 0.25) is 0 Å². The Kier molecular flexibility index (Phi) is 5.20. The molecule has 3 heterocycles. The van der Waals surface area contributed by atoms with Gasteiger partial charge in [-0.05, 0) is 62.3 Å². The van der Waals surface area contributed by atoms with Gasteiger partial charge in [-0.1, -0.05) is 12.8 Å². The van der Waals surface area contributed by atoms with Crippen LogP contribution in [-0.4, -0.2) is 53.0 Å². The van der Waals surface area contributed by atoms with E-state index in [-0.39, 0.29) is 12.1 Å². The van der Waals surface area contributed by atoms with Crippen molar-refractivity contribution >= 4 is 6.03 Å². The van der Waals surface area contributed by atoms with Gasteiger partial charge in [-0.15, -0.1) is 0 Å². The average Bonchev–Trinajstić information content (AvgIpc) is 3.43. The van der Waals surface area contributed by atoms with Crippen LogP contribution in [0.3, 0.4) is 0 Å². The highest BCUT2D eigenvalue weighted by atomic mass is 16.2. The maximum absolute atomic E-state index is 12.9. The van der Waals surface area contributed by atoms with E-state index in [1.165, 1.54) is 50.8 Å². The van der Waals surface area contributed by atoms with Gasteiger partial charge in [0.1, 0.15) is 0 Å². The van der Waals surface area contributed by atoms with Crippen LogP contribution in [0.1, 0.15) is 56.6 Å². The molecule has 5 heteroatoms. The molecule has 0 radical (unpaired) electrons. The second-order valence-corrected chi connectivity index (χ2v) is 7.91. The van der Waals surface area contributed by atoms with Gasteiger partial charge in [-0.25, -0.2) is 4.79 Å². The third-order valence-electron chi connectivity index (χ3n) is 6.03. The van der Waals surface area contributed by atoms with E-state index in [2.05, 4.69) is 32.2 Å². The van der Waals surface area contributed by atoms with Crippen LogP contribution in [0.15, 0.2) is 24.5 Å². The van der Waals surface area contributed by atoms with Crippen LogP contribution in [0.2, 0.25) is 0 Å². The molecule has 25 heavy (non-hydrogen) atoms. The number of hydrogen-bond donors (Lipinski definition) is 1. The lowest BCUT2D eigenvalue weighted by Gasteiger charge is -2.31. The summed E-state index contributed by atoms with van der Waals surface area (Å²) in [5.74, 6) is 0.621. The van der Waals surface area contributed by atoms with Crippen LogP contribution in [0, 0.1) is 5.92 Å². The largest absolute Gasteiger partial charge is 0.338 e. The van der Waals surface area contributed by atoms with Crippen molar-refractivity contribution in [3.63, 3.8) is 0 Å². The van der Waals surface area contributed by atoms with Crippen molar-refractivity contribution in [3.05, 3.63) is 30.1 Å². The normalized spacial score (nSPS) is 27.9. The molecule has 3 fully saturated rings. The summed E-state index contributed by atoms with van der Waals surface area (Å²) in [5.41, 5.74) is 1.22. The first-order valence-corrected chi connectivity index (χ1v) is 9.99. The van der Waals surface area contributed by atoms with Crippen LogP contribution in [-0.2, 0) is 0 Å². The zero-order valence-corrected chi connectivity index (χ0v) is 15.1. The summed E-state index contributed by atoms with van der Waals surface area (Å²) < 4.78 is 0. The van der Waals surface area contributed by atoms with Crippen LogP contribution >= 0.6 is 0 Å². The lowest BCUT2D eigenvalue weighted by molar-refractivity contribution is 0.174. The first-order valence-electron chi connectivity index (χ1n) is 9.99. The van der Waals surface area contributed by atoms with Gasteiger partial charge in [0.25, 0.3) is 0 Å². The number of nitrogens with one attached hydrogen (secondary N) is 1. The van der Waals surface area contributed by atoms with E-state index in [1.807, 2.05) is 12.4 Å². The third kappa shape index (κ3) is 4.14. The summed E-state index contributed by atoms with van der Waals surface area (Å²) in [6.45, 7) is 4.06. The predicted octanol–water partition coefficient (Wildman–Crippen LogP) is 3.19. The van der Waals surface area contributed by atoms with Crippen molar-refractivity contribution in [2.45, 2.75) is 57.0 Å². The van der Waals surface area contributed by atoms with E-state index in [9.17, 15) is 4.79 Å². The average molecular weight is 342 g/mol. The van der Waals surface area contributed by atoms with E-state index in [0.29, 0.717) is 5.92 Å². The van der Waals surface area contributed by atoms with Crippen LogP contribution in [0.25, 0.3) is 0 Å². The van der Waals surface area contributed by atoms with E-state index < -0.39 is 0 Å². The smallest absolute Gasteiger partial charge is 0.317 e. The molecule has 1 aromatic heterocycles. The summed E-state index contributed by atoms with van der Waals surface area (Å²) in [6.07, 6.45) is 12.2. The number of likely N-dealkylation sites (tertiary alicyclic amines) is 2. The molecular formula is C20H30N4O. The van der Waals surface area contributed by atoms with Crippen molar-refractivity contribution in [1.82, 2.24) is 20.1 Å². The maximum atomic E-state index is 12.9. The molecule has 1 aromatic rings. The van der Waals surface area contributed by atoms with Crippen molar-refractivity contribution in [2.24, 2.45) is 5.92 Å². The molecule has 2 saturated heterocycles. The SMILES string of the molecule is O=C(NC[C@@H]1CCN(C2CC2)C1)N1CCCCC[C@@H]1c1ccncc1. The van der Waals surface area contributed by atoms with Gasteiger partial charge in [-0.2, -0.15) is 0 Å². The Bertz CT molecular complexity index is 574. The Hall–Kier alpha value is -1.62. The number of urea groups is 1. The highest BCUT2D eigenvalue weighted by molar-refractivity contribution is 5.74. The fraction of sp³-hybridized carbons (Fsp3) is 0.700. The molecule has 2 atom stereocenters. The Labute approximate surface area is 150 Å². The fourth-order valence-electron chi connectivity index (χ4n) is 4.42. The number of carbonyl (C=O) groups excluding carboxylic acids is 1. The van der Waals surface area contributed by atoms with Gasteiger partial charge in [0.15, 0.2) is 0 Å². The molecule has 136 valence electrons. The minimum atomic E-state index is 0.119. The zero-order chi connectivity index (χ0) is 17.1. The second kappa shape index (κ2) is 7.73. The topological polar surface area (TPSA) is 48.5 Å². The number of nitrogens with zero attached hydrogens (tertiary/aromatic N) is 3. The molecule has 0 aromatic carbocycles. The summed E-state index contributed by atoms with van der Waals surface area (Å²) >= 11 is 0. The predicted molar refractivity (Wildman–Crippen MR) is 98.3 cm³/mol. The van der Waals surface area contributed by atoms with Crippen molar-refractivity contribution in [3.8, 4) is 0 Å². The standard InChI is InChI=1S/C20H30N4O/c25-20(22-14-16-9-13-23(15-16)18-5-6-18)24-12-3-1-2-4-19(24)17-7-10-21-11-8-17/h7-8,10-11,16,18-19H,1-6,9,12-15H2,(H,22,25)/t16-,19+/m0/s1. The Morgan fingerprint density at radius 1 is 1.08 bits per heavy atom. The number of amides is 2. The minimum Gasteiger partial charge on any atom is -0.338 e. The number of carbonyl (C=O) groups is 1. The van der Waals surface area contributed by atoms with Gasteiger partial charge in [0.05, 0.1) is 6.04 Å². The first kappa shape index (κ1) is 16.8. The molecule has 2 amide bonds. The molecule has 0 spiro atoms. The third-order valence-corrected chi connectivity index (χ3v) is 6.03. The summed E-state index contributed by atoms with van der Waals surface area (Å²) in [5, 5.41) is 3.25. The molecule has 4 rings (SSSR count). The highest BCUT2D eigenvalue weighted by Gasteiger charge is 2.34. The number of hydrogen-bond acceptors (Lipinski definition) is 3. The van der Waals surface area contributed by atoms with Crippen molar-refractivity contribution in [1.29, 1.82) is 0 Å². The van der Waals surface area contributed by atoms with Crippen molar-refractivity contribution < 1.29 is 4.79 Å². The summed E-state index contributed by atoms with van der Waals surface area (Å²) in [6, 6.07) is 5.27. The number of aromatic nitrogens is 1. The lowest BCUT2D eigenvalue weighted by Crippen LogP contribution is -2.44. The molecule has 0 bridgehead atoms. The van der Waals surface area contributed by atoms with Crippen LogP contribution < -0.4 is 5.32 Å². The Morgan fingerprint density at radius 3 is 2.72 bits per heavy atom. The molecule has 1 aliphatic carbocycles. The maximum Gasteiger partial charge on any atom is 0.317 e. The van der Waals surface area contributed by atoms with E-state index in [4.69, 9.17) is 0 Å². The quantitative estimate of drug-likeness (QED) is 0.914. The lowest BCUT2D eigenvalue weighted by atomic mass is 10.0. The fourth-order valence-corrected chi connectivity index (χ4v) is 4.42. The molecular weight excluding hydrogens is 312 g/mol. The Balaban J connectivity index is 1.35. The number of rotatable bonds is 4. The monoisotopic (exact) mass is 342 g/mol. The van der Waals surface area contributed by atoms with Gasteiger partial charge in [0, 0.05) is 38.1 Å². The van der Waals surface area contributed by atoms with Crippen LogP contribution in [0.5, 0.6) is 0 Å².